The lowest BCUT2D eigenvalue weighted by Crippen LogP contribution is -2.38. The zero-order valence-corrected chi connectivity index (χ0v) is 15.8. The highest BCUT2D eigenvalue weighted by molar-refractivity contribution is 6.04. The van der Waals surface area contributed by atoms with Crippen LogP contribution in [-0.2, 0) is 6.18 Å². The van der Waals surface area contributed by atoms with Gasteiger partial charge in [0.25, 0.3) is 5.91 Å². The van der Waals surface area contributed by atoms with Crippen molar-refractivity contribution in [2.24, 2.45) is 0 Å². The Bertz CT molecular complexity index is 1040. The van der Waals surface area contributed by atoms with Crippen LogP contribution in [0.2, 0.25) is 0 Å². The Morgan fingerprint density at radius 3 is 2.59 bits per heavy atom. The molecule has 3 aromatic rings. The minimum Gasteiger partial charge on any atom is -0.497 e. The minimum atomic E-state index is -4.38. The number of carbonyl (C=O) groups is 1. The molecule has 1 fully saturated rings. The first kappa shape index (κ1) is 19.3. The van der Waals surface area contributed by atoms with Crippen LogP contribution in [0.3, 0.4) is 0 Å². The van der Waals surface area contributed by atoms with Gasteiger partial charge in [-0.25, -0.2) is 0 Å². The number of fused-ring (bicyclic) bond motifs is 1. The van der Waals surface area contributed by atoms with Gasteiger partial charge in [0.2, 0.25) is 0 Å². The van der Waals surface area contributed by atoms with Gasteiger partial charge < -0.3 is 9.64 Å². The van der Waals surface area contributed by atoms with Crippen molar-refractivity contribution in [3.8, 4) is 5.75 Å². The maximum atomic E-state index is 13.3. The van der Waals surface area contributed by atoms with E-state index in [0.29, 0.717) is 53.8 Å². The number of ether oxygens (including phenoxy) is 1. The number of hydrogen-bond donors (Lipinski definition) is 1. The van der Waals surface area contributed by atoms with Crippen molar-refractivity contribution < 1.29 is 22.7 Å². The average Bonchev–Trinajstić information content (AvgIpc) is 3.16. The van der Waals surface area contributed by atoms with Gasteiger partial charge in [-0.1, -0.05) is 18.2 Å². The first-order chi connectivity index (χ1) is 13.9. The SMILES string of the molecule is COc1ccc2c(C(=O)N3CCC(c4ccccc4C(F)(F)F)CC3)n[nH]c2c1. The Balaban J connectivity index is 1.50. The Kier molecular flexibility index (Phi) is 4.94. The molecule has 0 unspecified atom stereocenters. The van der Waals surface area contributed by atoms with Crippen LogP contribution in [0.4, 0.5) is 13.2 Å². The van der Waals surface area contributed by atoms with Crippen LogP contribution >= 0.6 is 0 Å². The molecule has 1 amide bonds. The van der Waals surface area contributed by atoms with E-state index in [1.54, 1.807) is 42.3 Å². The monoisotopic (exact) mass is 403 g/mol. The second-order valence-corrected chi connectivity index (χ2v) is 7.14. The summed E-state index contributed by atoms with van der Waals surface area (Å²) in [7, 11) is 1.56. The predicted octanol–water partition coefficient (Wildman–Crippen LogP) is 4.61. The number of carbonyl (C=O) groups excluding carboxylic acids is 1. The quantitative estimate of drug-likeness (QED) is 0.695. The summed E-state index contributed by atoms with van der Waals surface area (Å²) < 4.78 is 45.1. The van der Waals surface area contributed by atoms with Crippen molar-refractivity contribution in [2.75, 3.05) is 20.2 Å². The largest absolute Gasteiger partial charge is 0.497 e. The smallest absolute Gasteiger partial charge is 0.416 e. The van der Waals surface area contributed by atoms with E-state index in [9.17, 15) is 18.0 Å². The molecule has 0 aliphatic carbocycles. The zero-order valence-electron chi connectivity index (χ0n) is 15.8. The van der Waals surface area contributed by atoms with E-state index in [4.69, 9.17) is 4.74 Å². The summed E-state index contributed by atoms with van der Waals surface area (Å²) in [6, 6.07) is 11.0. The highest BCUT2D eigenvalue weighted by Crippen LogP contribution is 2.38. The van der Waals surface area contributed by atoms with Crippen molar-refractivity contribution in [2.45, 2.75) is 24.9 Å². The fourth-order valence-electron chi connectivity index (χ4n) is 3.94. The molecular weight excluding hydrogens is 383 g/mol. The summed E-state index contributed by atoms with van der Waals surface area (Å²) in [4.78, 5) is 14.6. The van der Waals surface area contributed by atoms with Crippen molar-refractivity contribution in [3.63, 3.8) is 0 Å². The molecule has 2 aromatic carbocycles. The number of aromatic amines is 1. The minimum absolute atomic E-state index is 0.219. The van der Waals surface area contributed by atoms with Gasteiger partial charge in [-0.2, -0.15) is 18.3 Å². The molecule has 1 aromatic heterocycles. The highest BCUT2D eigenvalue weighted by Gasteiger charge is 2.36. The van der Waals surface area contributed by atoms with Crippen LogP contribution in [0.25, 0.3) is 10.9 Å². The number of aromatic nitrogens is 2. The van der Waals surface area contributed by atoms with Crippen LogP contribution in [0, 0.1) is 0 Å². The molecule has 0 radical (unpaired) electrons. The number of rotatable bonds is 3. The standard InChI is InChI=1S/C21H20F3N3O2/c1-29-14-6-7-16-18(12-14)25-26-19(16)20(28)27-10-8-13(9-11-27)15-4-2-3-5-17(15)21(22,23)24/h2-7,12-13H,8-11H2,1H3,(H,25,26). The van der Waals surface area contributed by atoms with E-state index < -0.39 is 11.7 Å². The average molecular weight is 403 g/mol. The van der Waals surface area contributed by atoms with Crippen molar-refractivity contribution in [1.82, 2.24) is 15.1 Å². The van der Waals surface area contributed by atoms with Crippen LogP contribution in [0.15, 0.2) is 42.5 Å². The molecule has 4 rings (SSSR count). The Morgan fingerprint density at radius 2 is 1.90 bits per heavy atom. The van der Waals surface area contributed by atoms with E-state index in [0.717, 1.165) is 6.07 Å². The molecule has 1 aliphatic rings. The molecule has 1 N–H and O–H groups in total. The van der Waals surface area contributed by atoms with Gasteiger partial charge in [0.15, 0.2) is 5.69 Å². The second-order valence-electron chi connectivity index (χ2n) is 7.14. The molecule has 0 spiro atoms. The lowest BCUT2D eigenvalue weighted by molar-refractivity contribution is -0.138. The molecular formula is C21H20F3N3O2. The van der Waals surface area contributed by atoms with E-state index in [1.807, 2.05) is 0 Å². The molecule has 2 heterocycles. The van der Waals surface area contributed by atoms with Gasteiger partial charge in [0.05, 0.1) is 18.2 Å². The lowest BCUT2D eigenvalue weighted by Gasteiger charge is -2.33. The van der Waals surface area contributed by atoms with E-state index in [2.05, 4.69) is 10.2 Å². The first-order valence-corrected chi connectivity index (χ1v) is 9.36. The third-order valence-electron chi connectivity index (χ3n) is 5.46. The highest BCUT2D eigenvalue weighted by atomic mass is 19.4. The third kappa shape index (κ3) is 3.66. The molecule has 5 nitrogen and oxygen atoms in total. The number of methoxy groups -OCH3 is 1. The maximum Gasteiger partial charge on any atom is 0.416 e. The first-order valence-electron chi connectivity index (χ1n) is 9.36. The van der Waals surface area contributed by atoms with E-state index >= 15 is 0 Å². The van der Waals surface area contributed by atoms with Crippen molar-refractivity contribution in [3.05, 3.63) is 59.3 Å². The molecule has 29 heavy (non-hydrogen) atoms. The Hall–Kier alpha value is -3.03. The maximum absolute atomic E-state index is 13.3. The summed E-state index contributed by atoms with van der Waals surface area (Å²) in [5, 5.41) is 7.68. The number of halogens is 3. The van der Waals surface area contributed by atoms with Gasteiger partial charge in [-0.3, -0.25) is 9.89 Å². The van der Waals surface area contributed by atoms with E-state index in [1.165, 1.54) is 6.07 Å². The van der Waals surface area contributed by atoms with E-state index in [-0.39, 0.29) is 11.8 Å². The molecule has 1 aliphatic heterocycles. The van der Waals surface area contributed by atoms with Crippen LogP contribution in [0.5, 0.6) is 5.75 Å². The summed E-state index contributed by atoms with van der Waals surface area (Å²) in [6.45, 7) is 0.778. The number of likely N-dealkylation sites (tertiary alicyclic amines) is 1. The molecule has 8 heteroatoms. The van der Waals surface area contributed by atoms with Gasteiger partial charge in [0, 0.05) is 24.5 Å². The number of piperidine rings is 1. The van der Waals surface area contributed by atoms with Gasteiger partial charge in [0.1, 0.15) is 5.75 Å². The fourth-order valence-corrected chi connectivity index (χ4v) is 3.94. The lowest BCUT2D eigenvalue weighted by atomic mass is 9.86. The number of benzene rings is 2. The summed E-state index contributed by atoms with van der Waals surface area (Å²) in [5.41, 5.74) is 0.736. The number of H-pyrrole nitrogens is 1. The summed E-state index contributed by atoms with van der Waals surface area (Å²) in [5.74, 6) is 0.213. The second kappa shape index (κ2) is 7.42. The number of nitrogens with zero attached hydrogens (tertiary/aromatic N) is 2. The normalized spacial score (nSPS) is 15.7. The topological polar surface area (TPSA) is 58.2 Å². The summed E-state index contributed by atoms with van der Waals surface area (Å²) in [6.07, 6.45) is -3.41. The Morgan fingerprint density at radius 1 is 1.17 bits per heavy atom. The molecule has 0 saturated carbocycles. The van der Waals surface area contributed by atoms with Gasteiger partial charge in [-0.15, -0.1) is 0 Å². The van der Waals surface area contributed by atoms with Gasteiger partial charge in [-0.05, 0) is 42.5 Å². The zero-order chi connectivity index (χ0) is 20.6. The fraction of sp³-hybridized carbons (Fsp3) is 0.333. The number of alkyl halides is 3. The number of hydrogen-bond acceptors (Lipinski definition) is 3. The van der Waals surface area contributed by atoms with Crippen LogP contribution < -0.4 is 4.74 Å². The predicted molar refractivity (Wildman–Crippen MR) is 102 cm³/mol. The third-order valence-corrected chi connectivity index (χ3v) is 5.46. The van der Waals surface area contributed by atoms with Crippen molar-refractivity contribution in [1.29, 1.82) is 0 Å². The molecule has 1 saturated heterocycles. The van der Waals surface area contributed by atoms with Crippen molar-refractivity contribution >= 4 is 16.8 Å². The van der Waals surface area contributed by atoms with Crippen LogP contribution in [0.1, 0.15) is 40.4 Å². The number of amides is 1. The molecule has 152 valence electrons. The number of nitrogens with one attached hydrogen (secondary N) is 1. The molecule has 0 atom stereocenters. The summed E-state index contributed by atoms with van der Waals surface area (Å²) >= 11 is 0. The van der Waals surface area contributed by atoms with Crippen LogP contribution in [-0.4, -0.2) is 41.2 Å². The van der Waals surface area contributed by atoms with Gasteiger partial charge >= 0.3 is 6.18 Å². The Labute approximate surface area is 165 Å². The molecule has 0 bridgehead atoms.